The summed E-state index contributed by atoms with van der Waals surface area (Å²) in [7, 11) is 0. The van der Waals surface area contributed by atoms with Gasteiger partial charge in [0.05, 0.1) is 0 Å². The summed E-state index contributed by atoms with van der Waals surface area (Å²) in [6.45, 7) is 1.77. The van der Waals surface area contributed by atoms with Crippen molar-refractivity contribution in [3.8, 4) is 5.75 Å². The highest BCUT2D eigenvalue weighted by Crippen LogP contribution is 2.23. The third kappa shape index (κ3) is 2.81. The van der Waals surface area contributed by atoms with Crippen LogP contribution < -0.4 is 10.1 Å². The molecule has 0 aliphatic heterocycles. The van der Waals surface area contributed by atoms with Crippen LogP contribution in [-0.2, 0) is 11.2 Å². The molecular formula is C13H16N2O3. The highest BCUT2D eigenvalue weighted by atomic mass is 16.6. The molecule has 3 N–H and O–H groups in total. The van der Waals surface area contributed by atoms with Crippen LogP contribution in [-0.4, -0.2) is 29.3 Å². The van der Waals surface area contributed by atoms with Gasteiger partial charge in [-0.1, -0.05) is 0 Å². The second-order valence-electron chi connectivity index (χ2n) is 4.03. The minimum atomic E-state index is -0.336. The third-order valence-electron chi connectivity index (χ3n) is 2.74. The molecule has 5 nitrogen and oxygen atoms in total. The zero-order chi connectivity index (χ0) is 13.0. The van der Waals surface area contributed by atoms with E-state index in [1.165, 1.54) is 6.92 Å². The van der Waals surface area contributed by atoms with Crippen LogP contribution in [0.4, 0.5) is 0 Å². The molecule has 2 aromatic rings. The maximum atomic E-state index is 10.8. The van der Waals surface area contributed by atoms with E-state index in [0.29, 0.717) is 12.3 Å². The third-order valence-corrected chi connectivity index (χ3v) is 2.74. The van der Waals surface area contributed by atoms with E-state index in [1.807, 2.05) is 18.3 Å². The summed E-state index contributed by atoms with van der Waals surface area (Å²) in [5.74, 6) is 0.601. The molecule has 0 aliphatic carbocycles. The molecule has 1 aromatic heterocycles. The Hall–Kier alpha value is -2.01. The molecule has 0 atom stereocenters. The van der Waals surface area contributed by atoms with Crippen molar-refractivity contribution in [2.45, 2.75) is 13.3 Å². The van der Waals surface area contributed by atoms with Gasteiger partial charge in [0.25, 0.3) is 0 Å². The Morgan fingerprint density at radius 2 is 2.33 bits per heavy atom. The first kappa shape index (κ1) is 12.4. The summed E-state index contributed by atoms with van der Waals surface area (Å²) >= 11 is 0. The zero-order valence-corrected chi connectivity index (χ0v) is 10.2. The molecule has 0 fully saturated rings. The fraction of sp³-hybridized carbons (Fsp3) is 0.308. The van der Waals surface area contributed by atoms with Gasteiger partial charge in [-0.2, -0.15) is 0 Å². The lowest BCUT2D eigenvalue weighted by molar-refractivity contribution is -0.118. The molecule has 1 heterocycles. The lowest BCUT2D eigenvalue weighted by Gasteiger charge is -2.04. The van der Waals surface area contributed by atoms with E-state index in [4.69, 9.17) is 9.84 Å². The fourth-order valence-electron chi connectivity index (χ4n) is 1.90. The predicted molar refractivity (Wildman–Crippen MR) is 68.4 cm³/mol. The average molecular weight is 248 g/mol. The van der Waals surface area contributed by atoms with E-state index < -0.39 is 0 Å². The smallest absolute Gasteiger partial charge is 0.216 e. The molecule has 5 heteroatoms. The molecular weight excluding hydrogens is 232 g/mol. The fourth-order valence-corrected chi connectivity index (χ4v) is 1.90. The molecule has 0 aliphatic rings. The highest BCUT2D eigenvalue weighted by Gasteiger charge is 2.05. The monoisotopic (exact) mass is 248 g/mol. The molecule has 0 radical (unpaired) electrons. The van der Waals surface area contributed by atoms with E-state index in [1.54, 1.807) is 6.07 Å². The van der Waals surface area contributed by atoms with Crippen molar-refractivity contribution < 1.29 is 14.6 Å². The topological polar surface area (TPSA) is 74.4 Å². The molecule has 0 bridgehead atoms. The standard InChI is InChI=1S/C13H16N2O3/c1-9(17)14-5-4-10-7-15-13-3-2-11(18-8-16)6-12(10)13/h2-3,6-7,15-16H,4-5,8H2,1H3,(H,14,17). The Bertz CT molecular complexity index is 548. The van der Waals surface area contributed by atoms with Crippen molar-refractivity contribution >= 4 is 16.8 Å². The molecule has 0 saturated carbocycles. The van der Waals surface area contributed by atoms with Gasteiger partial charge in [0.2, 0.25) is 5.91 Å². The van der Waals surface area contributed by atoms with Crippen molar-refractivity contribution in [3.05, 3.63) is 30.0 Å². The number of nitrogens with one attached hydrogen (secondary N) is 2. The number of benzene rings is 1. The second kappa shape index (κ2) is 5.55. The van der Waals surface area contributed by atoms with E-state index in [-0.39, 0.29) is 12.7 Å². The summed E-state index contributed by atoms with van der Waals surface area (Å²) in [4.78, 5) is 14.0. The predicted octanol–water partition coefficient (Wildman–Crippen LogP) is 1.18. The lowest BCUT2D eigenvalue weighted by Crippen LogP contribution is -2.22. The Labute approximate surface area is 105 Å². The SMILES string of the molecule is CC(=O)NCCc1c[nH]c2ccc(OCO)cc12. The summed E-state index contributed by atoms with van der Waals surface area (Å²) in [6.07, 6.45) is 2.68. The van der Waals surface area contributed by atoms with Crippen LogP contribution in [0, 0.1) is 0 Å². The number of H-pyrrole nitrogens is 1. The number of rotatable bonds is 5. The van der Waals surface area contributed by atoms with Gasteiger partial charge in [-0.05, 0) is 30.2 Å². The molecule has 0 spiro atoms. The number of aromatic amines is 1. The van der Waals surface area contributed by atoms with Crippen LogP contribution in [0.5, 0.6) is 5.75 Å². The van der Waals surface area contributed by atoms with Gasteiger partial charge in [0, 0.05) is 30.6 Å². The van der Waals surface area contributed by atoms with E-state index >= 15 is 0 Å². The van der Waals surface area contributed by atoms with Gasteiger partial charge in [-0.25, -0.2) is 0 Å². The minimum Gasteiger partial charge on any atom is -0.468 e. The summed E-state index contributed by atoms with van der Waals surface area (Å²) < 4.78 is 5.05. The molecule has 0 saturated heterocycles. The first-order valence-corrected chi connectivity index (χ1v) is 5.79. The number of hydrogen-bond donors (Lipinski definition) is 3. The molecule has 96 valence electrons. The van der Waals surface area contributed by atoms with Crippen LogP contribution in [0.25, 0.3) is 10.9 Å². The Balaban J connectivity index is 2.16. The van der Waals surface area contributed by atoms with Crippen LogP contribution in [0.15, 0.2) is 24.4 Å². The quantitative estimate of drug-likeness (QED) is 0.695. The summed E-state index contributed by atoms with van der Waals surface area (Å²) in [5, 5.41) is 12.5. The average Bonchev–Trinajstić information content (AvgIpc) is 2.72. The van der Waals surface area contributed by atoms with E-state index in [0.717, 1.165) is 22.9 Å². The number of amides is 1. The van der Waals surface area contributed by atoms with Crippen LogP contribution in [0.2, 0.25) is 0 Å². The molecule has 1 aromatic carbocycles. The molecule has 0 unspecified atom stereocenters. The first-order valence-electron chi connectivity index (χ1n) is 5.79. The van der Waals surface area contributed by atoms with E-state index in [2.05, 4.69) is 10.3 Å². The molecule has 2 rings (SSSR count). The number of aliphatic hydroxyl groups excluding tert-OH is 1. The van der Waals surface area contributed by atoms with Crippen molar-refractivity contribution in [3.63, 3.8) is 0 Å². The maximum Gasteiger partial charge on any atom is 0.216 e. The van der Waals surface area contributed by atoms with Gasteiger partial charge in [-0.3, -0.25) is 4.79 Å². The highest BCUT2D eigenvalue weighted by molar-refractivity contribution is 5.84. The molecule has 1 amide bonds. The lowest BCUT2D eigenvalue weighted by atomic mass is 10.1. The number of carbonyl (C=O) groups is 1. The zero-order valence-electron chi connectivity index (χ0n) is 10.2. The Morgan fingerprint density at radius 1 is 1.50 bits per heavy atom. The van der Waals surface area contributed by atoms with Crippen LogP contribution in [0.3, 0.4) is 0 Å². The number of aliphatic hydroxyl groups is 1. The number of carbonyl (C=O) groups excluding carboxylic acids is 1. The van der Waals surface area contributed by atoms with Crippen LogP contribution >= 0.6 is 0 Å². The summed E-state index contributed by atoms with van der Waals surface area (Å²) in [5.41, 5.74) is 2.13. The number of fused-ring (bicyclic) bond motifs is 1. The van der Waals surface area contributed by atoms with Gasteiger partial charge >= 0.3 is 0 Å². The van der Waals surface area contributed by atoms with Crippen LogP contribution in [0.1, 0.15) is 12.5 Å². The number of aromatic nitrogens is 1. The second-order valence-corrected chi connectivity index (χ2v) is 4.03. The summed E-state index contributed by atoms with van der Waals surface area (Å²) in [6, 6.07) is 5.58. The molecule has 18 heavy (non-hydrogen) atoms. The van der Waals surface area contributed by atoms with Gasteiger partial charge in [-0.15, -0.1) is 0 Å². The first-order chi connectivity index (χ1) is 8.70. The maximum absolute atomic E-state index is 10.8. The Morgan fingerprint density at radius 3 is 3.06 bits per heavy atom. The normalized spacial score (nSPS) is 10.6. The van der Waals surface area contributed by atoms with Gasteiger partial charge in [0.15, 0.2) is 6.79 Å². The van der Waals surface area contributed by atoms with Crippen molar-refractivity contribution in [2.75, 3.05) is 13.3 Å². The van der Waals surface area contributed by atoms with Gasteiger partial charge in [0.1, 0.15) is 5.75 Å². The number of ether oxygens (including phenoxy) is 1. The van der Waals surface area contributed by atoms with Crippen molar-refractivity contribution in [1.29, 1.82) is 0 Å². The van der Waals surface area contributed by atoms with Gasteiger partial charge < -0.3 is 20.1 Å². The minimum absolute atomic E-state index is 0.0286. The largest absolute Gasteiger partial charge is 0.468 e. The van der Waals surface area contributed by atoms with E-state index in [9.17, 15) is 4.79 Å². The van der Waals surface area contributed by atoms with Crippen molar-refractivity contribution in [1.82, 2.24) is 10.3 Å². The Kier molecular flexibility index (Phi) is 3.84. The number of hydrogen-bond acceptors (Lipinski definition) is 3. The van der Waals surface area contributed by atoms with Crippen molar-refractivity contribution in [2.24, 2.45) is 0 Å².